The Hall–Kier alpha value is -2.93. The second-order valence-corrected chi connectivity index (χ2v) is 8.45. The summed E-state index contributed by atoms with van der Waals surface area (Å²) in [6.07, 6.45) is 4.69. The van der Waals surface area contributed by atoms with Crippen LogP contribution in [0.25, 0.3) is 33.4 Å². The largest absolute Gasteiger partial charge is 0.277 e. The van der Waals surface area contributed by atoms with Crippen molar-refractivity contribution in [3.05, 3.63) is 64.8 Å². The van der Waals surface area contributed by atoms with E-state index in [0.717, 1.165) is 39.1 Å². The Balaban J connectivity index is 1.45. The third-order valence-electron chi connectivity index (χ3n) is 5.55. The van der Waals surface area contributed by atoms with Gasteiger partial charge in [-0.15, -0.1) is 0 Å². The molecule has 0 unspecified atom stereocenters. The van der Waals surface area contributed by atoms with Gasteiger partial charge in [-0.3, -0.25) is 5.10 Å². The molecule has 4 aromatic rings. The van der Waals surface area contributed by atoms with Gasteiger partial charge in [-0.25, -0.2) is 18.7 Å². The first kappa shape index (κ1) is 19.1. The van der Waals surface area contributed by atoms with E-state index in [-0.39, 0.29) is 12.8 Å². The highest BCUT2D eigenvalue weighted by atomic mass is 32.1. The fourth-order valence-corrected chi connectivity index (χ4v) is 4.56. The minimum Gasteiger partial charge on any atom is -0.277 e. The highest BCUT2D eigenvalue weighted by Crippen LogP contribution is 2.33. The molecule has 1 aliphatic rings. The molecule has 1 aliphatic carbocycles. The van der Waals surface area contributed by atoms with Crippen LogP contribution < -0.4 is 0 Å². The predicted octanol–water partition coefficient (Wildman–Crippen LogP) is 6.43. The van der Waals surface area contributed by atoms with E-state index in [0.29, 0.717) is 19.3 Å². The minimum absolute atomic E-state index is 0.0722. The fourth-order valence-electron chi connectivity index (χ4n) is 3.89. The summed E-state index contributed by atoms with van der Waals surface area (Å²) in [4.78, 5) is 8.80. The summed E-state index contributed by atoms with van der Waals surface area (Å²) in [5.74, 6) is -2.57. The van der Waals surface area contributed by atoms with Crippen molar-refractivity contribution in [2.45, 2.75) is 38.0 Å². The number of thiophene rings is 1. The zero-order valence-corrected chi connectivity index (χ0v) is 17.1. The monoisotopic (exact) mass is 422 g/mol. The van der Waals surface area contributed by atoms with Crippen LogP contribution in [0.3, 0.4) is 0 Å². The molecular weight excluding hydrogens is 402 g/mol. The van der Waals surface area contributed by atoms with Gasteiger partial charge in [0.15, 0.2) is 0 Å². The van der Waals surface area contributed by atoms with Crippen molar-refractivity contribution in [2.75, 3.05) is 0 Å². The predicted molar refractivity (Wildman–Crippen MR) is 116 cm³/mol. The molecule has 0 radical (unpaired) electrons. The zero-order valence-electron chi connectivity index (χ0n) is 16.2. The molecule has 5 rings (SSSR count). The molecule has 0 amide bonds. The first-order valence-electron chi connectivity index (χ1n) is 9.95. The van der Waals surface area contributed by atoms with Gasteiger partial charge in [0.05, 0.1) is 11.2 Å². The van der Waals surface area contributed by atoms with Crippen molar-refractivity contribution in [1.82, 2.24) is 20.2 Å². The third-order valence-corrected chi connectivity index (χ3v) is 6.23. The number of halogens is 2. The number of aromatic nitrogens is 4. The summed E-state index contributed by atoms with van der Waals surface area (Å²) in [5, 5.41) is 12.7. The van der Waals surface area contributed by atoms with Crippen LogP contribution in [-0.2, 0) is 6.42 Å². The Morgan fingerprint density at radius 1 is 1.07 bits per heavy atom. The molecule has 0 aliphatic heterocycles. The Kier molecular flexibility index (Phi) is 4.90. The molecule has 3 aromatic heterocycles. The Bertz CT molecular complexity index is 1210. The van der Waals surface area contributed by atoms with Gasteiger partial charge in [0, 0.05) is 30.3 Å². The van der Waals surface area contributed by atoms with Crippen molar-refractivity contribution < 1.29 is 8.78 Å². The third kappa shape index (κ3) is 3.89. The number of nitrogens with zero attached hydrogens (tertiary/aromatic N) is 3. The van der Waals surface area contributed by atoms with Gasteiger partial charge < -0.3 is 0 Å². The second kappa shape index (κ2) is 7.72. The second-order valence-electron chi connectivity index (χ2n) is 7.67. The van der Waals surface area contributed by atoms with Crippen LogP contribution >= 0.6 is 11.3 Å². The first-order valence-corrected chi connectivity index (χ1v) is 10.9. The number of nitrogens with one attached hydrogen (secondary N) is 1. The molecule has 1 N–H and O–H groups in total. The van der Waals surface area contributed by atoms with E-state index in [9.17, 15) is 8.78 Å². The summed E-state index contributed by atoms with van der Waals surface area (Å²) in [6.45, 7) is 0. The first-order chi connectivity index (χ1) is 14.6. The maximum absolute atomic E-state index is 13.6. The van der Waals surface area contributed by atoms with Gasteiger partial charge in [0.2, 0.25) is 5.92 Å². The Morgan fingerprint density at radius 3 is 2.87 bits per heavy atom. The highest BCUT2D eigenvalue weighted by Gasteiger charge is 2.29. The smallest absolute Gasteiger partial charge is 0.248 e. The van der Waals surface area contributed by atoms with E-state index in [1.54, 1.807) is 11.3 Å². The average Bonchev–Trinajstić information content (AvgIpc) is 3.38. The van der Waals surface area contributed by atoms with Crippen LogP contribution in [0.4, 0.5) is 8.78 Å². The van der Waals surface area contributed by atoms with Crippen molar-refractivity contribution in [2.24, 2.45) is 0 Å². The molecule has 0 fully saturated rings. The zero-order chi connectivity index (χ0) is 20.6. The van der Waals surface area contributed by atoms with E-state index >= 15 is 0 Å². The Morgan fingerprint density at radius 2 is 2.00 bits per heavy atom. The number of allylic oxidation sites excluding steroid dienone is 2. The summed E-state index contributed by atoms with van der Waals surface area (Å²) >= 11 is 1.67. The fraction of sp³-hybridized carbons (Fsp3) is 0.261. The average molecular weight is 423 g/mol. The topological polar surface area (TPSA) is 54.5 Å². The molecule has 0 spiro atoms. The molecule has 4 nitrogen and oxygen atoms in total. The van der Waals surface area contributed by atoms with Crippen LogP contribution in [0.1, 0.15) is 31.4 Å². The molecular formula is C23H20F2N4S. The van der Waals surface area contributed by atoms with Gasteiger partial charge in [0.1, 0.15) is 12.0 Å². The van der Waals surface area contributed by atoms with Crippen LogP contribution in [0.2, 0.25) is 0 Å². The quantitative estimate of drug-likeness (QED) is 0.386. The number of H-pyrrole nitrogens is 1. The van der Waals surface area contributed by atoms with Crippen molar-refractivity contribution >= 4 is 22.2 Å². The Labute approximate surface area is 176 Å². The maximum atomic E-state index is 13.6. The van der Waals surface area contributed by atoms with Gasteiger partial charge in [-0.2, -0.15) is 16.4 Å². The van der Waals surface area contributed by atoms with E-state index in [1.165, 1.54) is 11.9 Å². The standard InChI is InChI=1S/C23H20F2N4S/c24-23(25)7-1-2-15(5-8-23)10-18-12-21(27-14-26-18)22-19-11-16(17-6-9-30-13-17)3-4-20(19)28-29-22/h2-4,6,9,11-14H,1,5,7-8,10H2,(H,28,29). The van der Waals surface area contributed by atoms with Crippen molar-refractivity contribution in [3.63, 3.8) is 0 Å². The lowest BCUT2D eigenvalue weighted by molar-refractivity contribution is -0.0128. The lowest BCUT2D eigenvalue weighted by atomic mass is 10.0. The van der Waals surface area contributed by atoms with Crippen molar-refractivity contribution in [1.29, 1.82) is 0 Å². The van der Waals surface area contributed by atoms with Gasteiger partial charge >= 0.3 is 0 Å². The number of hydrogen-bond donors (Lipinski definition) is 1. The molecule has 3 heterocycles. The summed E-state index contributed by atoms with van der Waals surface area (Å²) < 4.78 is 27.3. The van der Waals surface area contributed by atoms with Crippen LogP contribution in [0, 0.1) is 0 Å². The normalized spacial score (nSPS) is 16.4. The molecule has 152 valence electrons. The highest BCUT2D eigenvalue weighted by molar-refractivity contribution is 7.08. The summed E-state index contributed by atoms with van der Waals surface area (Å²) in [5.41, 5.74) is 6.59. The van der Waals surface area contributed by atoms with Crippen LogP contribution in [0.5, 0.6) is 0 Å². The lowest BCUT2D eigenvalue weighted by Gasteiger charge is -2.12. The van der Waals surface area contributed by atoms with E-state index in [2.05, 4.69) is 49.1 Å². The minimum atomic E-state index is -2.57. The van der Waals surface area contributed by atoms with Gasteiger partial charge in [-0.05, 0) is 59.0 Å². The number of benzene rings is 1. The van der Waals surface area contributed by atoms with Crippen LogP contribution in [-0.4, -0.2) is 26.1 Å². The van der Waals surface area contributed by atoms with E-state index < -0.39 is 5.92 Å². The molecule has 0 saturated heterocycles. The summed E-state index contributed by atoms with van der Waals surface area (Å²) in [6, 6.07) is 10.2. The molecule has 0 bridgehead atoms. The van der Waals surface area contributed by atoms with Crippen molar-refractivity contribution in [3.8, 4) is 22.5 Å². The number of alkyl halides is 2. The number of hydrogen-bond acceptors (Lipinski definition) is 4. The molecule has 0 saturated carbocycles. The number of fused-ring (bicyclic) bond motifs is 1. The summed E-state index contributed by atoms with van der Waals surface area (Å²) in [7, 11) is 0. The molecule has 0 atom stereocenters. The van der Waals surface area contributed by atoms with E-state index in [1.807, 2.05) is 18.2 Å². The van der Waals surface area contributed by atoms with Crippen LogP contribution in [0.15, 0.2) is 59.1 Å². The molecule has 30 heavy (non-hydrogen) atoms. The lowest BCUT2D eigenvalue weighted by Crippen LogP contribution is -2.13. The van der Waals surface area contributed by atoms with E-state index in [4.69, 9.17) is 0 Å². The maximum Gasteiger partial charge on any atom is 0.248 e. The number of aromatic amines is 1. The van der Waals surface area contributed by atoms with Gasteiger partial charge in [0.25, 0.3) is 0 Å². The molecule has 7 heteroatoms. The number of rotatable bonds is 4. The molecule has 1 aromatic carbocycles. The van der Waals surface area contributed by atoms with Gasteiger partial charge in [-0.1, -0.05) is 17.7 Å². The SMILES string of the molecule is FC1(F)CCC=C(Cc2cc(-c3n[nH]c4ccc(-c5ccsc5)cc34)ncn2)CC1.